The van der Waals surface area contributed by atoms with Crippen molar-refractivity contribution in [2.45, 2.75) is 48.7 Å². The Morgan fingerprint density at radius 3 is 1.62 bits per heavy atom. The zero-order chi connectivity index (χ0) is 12.4. The first-order valence-corrected chi connectivity index (χ1v) is 14.0. The first-order chi connectivity index (χ1) is 7.21. The van der Waals surface area contributed by atoms with Gasteiger partial charge in [-0.05, 0) is 16.6 Å². The molecule has 0 atom stereocenters. The molecule has 0 amide bonds. The molecule has 0 heterocycles. The smallest absolute Gasteiger partial charge is 0.0559 e. The summed E-state index contributed by atoms with van der Waals surface area (Å²) in [5.74, 6) is 0. The molecule has 0 spiro atoms. The molecule has 3 heteroatoms. The molecule has 1 aromatic carbocycles. The molecular formula is C13H24SSi2. The van der Waals surface area contributed by atoms with Crippen LogP contribution in [0.25, 0.3) is 0 Å². The molecular weight excluding hydrogens is 244 g/mol. The van der Waals surface area contributed by atoms with Gasteiger partial charge in [0.1, 0.15) is 0 Å². The van der Waals surface area contributed by atoms with Gasteiger partial charge in [-0.3, -0.25) is 0 Å². The van der Waals surface area contributed by atoms with Crippen molar-refractivity contribution in [3.63, 3.8) is 0 Å². The van der Waals surface area contributed by atoms with E-state index in [2.05, 4.69) is 81.4 Å². The summed E-state index contributed by atoms with van der Waals surface area (Å²) in [6.45, 7) is 15.0. The van der Waals surface area contributed by atoms with E-state index >= 15 is 0 Å². The second-order valence-electron chi connectivity index (χ2n) is 6.54. The van der Waals surface area contributed by atoms with Gasteiger partial charge in [0.2, 0.25) is 0 Å². The highest BCUT2D eigenvalue weighted by Crippen LogP contribution is 2.35. The van der Waals surface area contributed by atoms with E-state index in [4.69, 9.17) is 0 Å². The topological polar surface area (TPSA) is 0 Å². The van der Waals surface area contributed by atoms with Crippen LogP contribution in [0.2, 0.25) is 39.3 Å². The zero-order valence-electron chi connectivity index (χ0n) is 11.4. The van der Waals surface area contributed by atoms with E-state index in [1.807, 2.05) is 0 Å². The normalized spacial score (nSPS) is 13.2. The summed E-state index contributed by atoms with van der Waals surface area (Å²) in [4.78, 5) is 1.44. The minimum absolute atomic E-state index is 0.891. The summed E-state index contributed by atoms with van der Waals surface area (Å²) in [5, 5.41) is 0. The molecule has 16 heavy (non-hydrogen) atoms. The lowest BCUT2D eigenvalue weighted by atomic mass is 10.4. The van der Waals surface area contributed by atoms with E-state index in [0.717, 1.165) is 4.50 Å². The van der Waals surface area contributed by atoms with Gasteiger partial charge in [0.05, 0.1) is 16.1 Å². The molecule has 1 rings (SSSR count). The molecule has 0 aliphatic rings. The van der Waals surface area contributed by atoms with Crippen LogP contribution in [0.4, 0.5) is 0 Å². The molecule has 0 saturated heterocycles. The summed E-state index contributed by atoms with van der Waals surface area (Å²) in [7, 11) is -2.16. The van der Waals surface area contributed by atoms with Crippen LogP contribution in [0.1, 0.15) is 0 Å². The third-order valence-electron chi connectivity index (χ3n) is 2.57. The fraction of sp³-hybridized carbons (Fsp3) is 0.538. The number of hydrogen-bond acceptors (Lipinski definition) is 1. The summed E-state index contributed by atoms with van der Waals surface area (Å²) in [6.07, 6.45) is 0. The molecule has 0 aliphatic carbocycles. The molecule has 0 radical (unpaired) electrons. The highest BCUT2D eigenvalue weighted by molar-refractivity contribution is 8.03. The Hall–Kier alpha value is 0.00377. The number of thioether (sulfide) groups is 1. The first-order valence-electron chi connectivity index (χ1n) is 5.93. The van der Waals surface area contributed by atoms with Crippen molar-refractivity contribution in [3.05, 3.63) is 30.3 Å². The Labute approximate surface area is 107 Å². The van der Waals surface area contributed by atoms with Crippen molar-refractivity contribution in [1.82, 2.24) is 0 Å². The van der Waals surface area contributed by atoms with Crippen LogP contribution < -0.4 is 0 Å². The fourth-order valence-electron chi connectivity index (χ4n) is 2.29. The van der Waals surface area contributed by atoms with E-state index in [-0.39, 0.29) is 0 Å². The monoisotopic (exact) mass is 268 g/mol. The lowest BCUT2D eigenvalue weighted by Gasteiger charge is -2.37. The summed E-state index contributed by atoms with van der Waals surface area (Å²) >= 11 is 2.13. The third kappa shape index (κ3) is 4.11. The Balaban J connectivity index is 2.89. The van der Waals surface area contributed by atoms with Crippen LogP contribution in [-0.2, 0) is 0 Å². The fourth-order valence-corrected chi connectivity index (χ4v) is 16.9. The van der Waals surface area contributed by atoms with Crippen LogP contribution in [0.3, 0.4) is 0 Å². The van der Waals surface area contributed by atoms with Gasteiger partial charge in [-0.15, -0.1) is 11.8 Å². The van der Waals surface area contributed by atoms with Crippen LogP contribution in [0.5, 0.6) is 0 Å². The van der Waals surface area contributed by atoms with E-state index in [0.29, 0.717) is 0 Å². The van der Waals surface area contributed by atoms with Gasteiger partial charge < -0.3 is 0 Å². The van der Waals surface area contributed by atoms with Gasteiger partial charge in [-0.2, -0.15) is 0 Å². The molecule has 0 saturated carbocycles. The second kappa shape index (κ2) is 5.11. The quantitative estimate of drug-likeness (QED) is 0.553. The van der Waals surface area contributed by atoms with Gasteiger partial charge in [-0.25, -0.2) is 0 Å². The highest BCUT2D eigenvalue weighted by atomic mass is 32.2. The minimum Gasteiger partial charge on any atom is -0.129 e. The second-order valence-corrected chi connectivity index (χ2v) is 19.8. The van der Waals surface area contributed by atoms with E-state index in [9.17, 15) is 0 Å². The van der Waals surface area contributed by atoms with Gasteiger partial charge in [0.15, 0.2) is 0 Å². The largest absolute Gasteiger partial charge is 0.129 e. The predicted molar refractivity (Wildman–Crippen MR) is 82.8 cm³/mol. The van der Waals surface area contributed by atoms with Crippen molar-refractivity contribution < 1.29 is 0 Å². The Morgan fingerprint density at radius 2 is 1.25 bits per heavy atom. The van der Waals surface area contributed by atoms with Crippen molar-refractivity contribution in [1.29, 1.82) is 0 Å². The maximum Gasteiger partial charge on any atom is 0.0559 e. The number of benzene rings is 1. The zero-order valence-corrected chi connectivity index (χ0v) is 14.2. The van der Waals surface area contributed by atoms with Crippen LogP contribution >= 0.6 is 11.8 Å². The Bertz CT molecular complexity index is 308. The standard InChI is InChI=1S/C13H24SSi2/c1-15(2,3)13(16(4,5)6)14-12-10-8-7-9-11-12/h7-11,13H,1-6H3. The highest BCUT2D eigenvalue weighted by Gasteiger charge is 2.38. The Kier molecular flexibility index (Phi) is 4.49. The molecule has 90 valence electrons. The molecule has 0 aromatic heterocycles. The van der Waals surface area contributed by atoms with Crippen molar-refractivity contribution in [3.8, 4) is 0 Å². The summed E-state index contributed by atoms with van der Waals surface area (Å²) in [5.41, 5.74) is 0. The van der Waals surface area contributed by atoms with Gasteiger partial charge in [-0.1, -0.05) is 57.5 Å². The molecule has 0 N–H and O–H groups in total. The van der Waals surface area contributed by atoms with E-state index < -0.39 is 16.1 Å². The lowest BCUT2D eigenvalue weighted by molar-refractivity contribution is 1.41. The maximum absolute atomic E-state index is 2.51. The molecule has 0 unspecified atom stereocenters. The van der Waals surface area contributed by atoms with Crippen molar-refractivity contribution in [2.75, 3.05) is 0 Å². The van der Waals surface area contributed by atoms with Crippen LogP contribution in [0, 0.1) is 0 Å². The van der Waals surface area contributed by atoms with Gasteiger partial charge >= 0.3 is 0 Å². The van der Waals surface area contributed by atoms with Crippen molar-refractivity contribution >= 4 is 27.9 Å². The van der Waals surface area contributed by atoms with Crippen molar-refractivity contribution in [2.24, 2.45) is 0 Å². The minimum atomic E-state index is -1.08. The number of rotatable bonds is 4. The SMILES string of the molecule is C[Si](C)(C)C(Sc1ccccc1)[Si](C)(C)C. The Morgan fingerprint density at radius 1 is 0.812 bits per heavy atom. The molecule has 0 nitrogen and oxygen atoms in total. The maximum atomic E-state index is 2.51. The average Bonchev–Trinajstić information content (AvgIpc) is 2.12. The first kappa shape index (κ1) is 14.1. The van der Waals surface area contributed by atoms with E-state index in [1.165, 1.54) is 4.90 Å². The third-order valence-corrected chi connectivity index (χ3v) is 16.6. The molecule has 0 bridgehead atoms. The molecule has 1 aromatic rings. The summed E-state index contributed by atoms with van der Waals surface area (Å²) < 4.78 is 0.891. The van der Waals surface area contributed by atoms with Crippen LogP contribution in [0.15, 0.2) is 35.2 Å². The number of hydrogen-bond donors (Lipinski definition) is 0. The predicted octanol–water partition coefficient (Wildman–Crippen LogP) is 4.90. The van der Waals surface area contributed by atoms with Gasteiger partial charge in [0, 0.05) is 4.90 Å². The van der Waals surface area contributed by atoms with Gasteiger partial charge in [0.25, 0.3) is 0 Å². The molecule has 0 fully saturated rings. The molecule has 0 aliphatic heterocycles. The van der Waals surface area contributed by atoms with Crippen LogP contribution in [-0.4, -0.2) is 20.6 Å². The van der Waals surface area contributed by atoms with E-state index in [1.54, 1.807) is 0 Å². The lowest BCUT2D eigenvalue weighted by Crippen LogP contribution is -2.51. The average molecular weight is 269 g/mol. The summed E-state index contributed by atoms with van der Waals surface area (Å²) in [6, 6.07) is 10.9.